The van der Waals surface area contributed by atoms with Crippen LogP contribution < -0.4 is 14.2 Å². The van der Waals surface area contributed by atoms with Gasteiger partial charge in [0.05, 0.1) is 10.6 Å². The summed E-state index contributed by atoms with van der Waals surface area (Å²) < 4.78 is 63.3. The summed E-state index contributed by atoms with van der Waals surface area (Å²) in [6, 6.07) is 6.89. The molecule has 0 spiro atoms. The van der Waals surface area contributed by atoms with Crippen LogP contribution in [0, 0.1) is 11.6 Å². The van der Waals surface area contributed by atoms with Crippen molar-refractivity contribution in [2.75, 3.05) is 17.9 Å². The number of hydrogen-bond acceptors (Lipinski definition) is 4. The second kappa shape index (κ2) is 5.45. The van der Waals surface area contributed by atoms with Gasteiger partial charge in [-0.1, -0.05) is 0 Å². The average Bonchev–Trinajstić information content (AvgIpc) is 2.49. The van der Waals surface area contributed by atoms with Crippen molar-refractivity contribution >= 4 is 15.7 Å². The van der Waals surface area contributed by atoms with E-state index in [4.69, 9.17) is 9.47 Å². The van der Waals surface area contributed by atoms with E-state index >= 15 is 0 Å². The lowest BCUT2D eigenvalue weighted by Gasteiger charge is -2.19. The first kappa shape index (κ1) is 14.6. The largest absolute Gasteiger partial charge is 0.486 e. The number of nitrogens with one attached hydrogen (secondary N) is 1. The number of ether oxygens (including phenoxy) is 2. The van der Waals surface area contributed by atoms with E-state index in [2.05, 4.69) is 4.72 Å². The Hall–Kier alpha value is -2.35. The van der Waals surface area contributed by atoms with Gasteiger partial charge in [0.2, 0.25) is 0 Å². The van der Waals surface area contributed by atoms with Crippen molar-refractivity contribution in [3.63, 3.8) is 0 Å². The molecule has 1 heterocycles. The zero-order valence-corrected chi connectivity index (χ0v) is 12.0. The molecule has 0 saturated carbocycles. The van der Waals surface area contributed by atoms with Crippen molar-refractivity contribution < 1.29 is 26.7 Å². The molecule has 0 aliphatic carbocycles. The predicted molar refractivity (Wildman–Crippen MR) is 74.6 cm³/mol. The Balaban J connectivity index is 1.89. The maximum absolute atomic E-state index is 13.2. The van der Waals surface area contributed by atoms with E-state index in [0.717, 1.165) is 12.1 Å². The fourth-order valence-electron chi connectivity index (χ4n) is 1.96. The van der Waals surface area contributed by atoms with Crippen LogP contribution in [-0.4, -0.2) is 21.6 Å². The molecule has 1 N–H and O–H groups in total. The average molecular weight is 327 g/mol. The van der Waals surface area contributed by atoms with Crippen molar-refractivity contribution in [3.8, 4) is 11.5 Å². The monoisotopic (exact) mass is 327 g/mol. The number of hydrogen-bond donors (Lipinski definition) is 1. The molecule has 0 amide bonds. The van der Waals surface area contributed by atoms with Crippen molar-refractivity contribution in [1.82, 2.24) is 0 Å². The third kappa shape index (κ3) is 2.82. The zero-order valence-electron chi connectivity index (χ0n) is 11.2. The molecule has 2 aromatic rings. The number of halogens is 2. The highest BCUT2D eigenvalue weighted by Gasteiger charge is 2.18. The van der Waals surface area contributed by atoms with Crippen molar-refractivity contribution in [2.24, 2.45) is 0 Å². The highest BCUT2D eigenvalue weighted by molar-refractivity contribution is 7.92. The van der Waals surface area contributed by atoms with Crippen LogP contribution in [0.4, 0.5) is 14.5 Å². The van der Waals surface area contributed by atoms with Crippen LogP contribution in [0.3, 0.4) is 0 Å². The molecule has 0 unspecified atom stereocenters. The highest BCUT2D eigenvalue weighted by atomic mass is 32.2. The Bertz CT molecular complexity index is 824. The van der Waals surface area contributed by atoms with Crippen LogP contribution in [-0.2, 0) is 10.0 Å². The fourth-order valence-corrected chi connectivity index (χ4v) is 3.03. The Labute approximate surface area is 125 Å². The van der Waals surface area contributed by atoms with Gasteiger partial charge < -0.3 is 9.47 Å². The molecule has 22 heavy (non-hydrogen) atoms. The molecule has 5 nitrogen and oxygen atoms in total. The fraction of sp³-hybridized carbons (Fsp3) is 0.143. The first-order valence-electron chi connectivity index (χ1n) is 6.33. The summed E-state index contributed by atoms with van der Waals surface area (Å²) in [5.74, 6) is -1.41. The Morgan fingerprint density at radius 2 is 1.64 bits per heavy atom. The maximum atomic E-state index is 13.2. The second-order valence-corrected chi connectivity index (χ2v) is 6.22. The van der Waals surface area contributed by atoms with Gasteiger partial charge in [-0.3, -0.25) is 4.72 Å². The minimum Gasteiger partial charge on any atom is -0.486 e. The van der Waals surface area contributed by atoms with Crippen molar-refractivity contribution in [1.29, 1.82) is 0 Å². The molecule has 1 aliphatic heterocycles. The van der Waals surface area contributed by atoms with Gasteiger partial charge in [-0.05, 0) is 30.3 Å². The number of anilines is 1. The van der Waals surface area contributed by atoms with Gasteiger partial charge in [-0.25, -0.2) is 17.2 Å². The number of fused-ring (bicyclic) bond motifs is 1. The molecule has 1 aliphatic rings. The molecule has 0 bridgehead atoms. The summed E-state index contributed by atoms with van der Waals surface area (Å²) >= 11 is 0. The van der Waals surface area contributed by atoms with Gasteiger partial charge in [0.1, 0.15) is 13.2 Å². The summed E-state index contributed by atoms with van der Waals surface area (Å²) in [5.41, 5.74) is 0.231. The van der Waals surface area contributed by atoms with Gasteiger partial charge in [0.15, 0.2) is 23.1 Å². The minimum atomic E-state index is -4.03. The number of benzene rings is 2. The van der Waals surface area contributed by atoms with Crippen LogP contribution >= 0.6 is 0 Å². The SMILES string of the molecule is O=S(=O)(Nc1ccc2c(c1)OCCO2)c1ccc(F)c(F)c1. The topological polar surface area (TPSA) is 64.6 Å². The molecule has 3 rings (SSSR count). The standard InChI is InChI=1S/C14H11F2NO4S/c15-11-3-2-10(8-12(11)16)22(18,19)17-9-1-4-13-14(7-9)21-6-5-20-13/h1-4,7-8,17H,5-6H2. The molecule has 116 valence electrons. The zero-order chi connectivity index (χ0) is 15.7. The third-order valence-corrected chi connectivity index (χ3v) is 4.37. The van der Waals surface area contributed by atoms with Gasteiger partial charge in [0, 0.05) is 6.07 Å². The van der Waals surface area contributed by atoms with Crippen LogP contribution in [0.5, 0.6) is 11.5 Å². The molecule has 2 aromatic carbocycles. The smallest absolute Gasteiger partial charge is 0.262 e. The van der Waals surface area contributed by atoms with Gasteiger partial charge in [0.25, 0.3) is 10.0 Å². The van der Waals surface area contributed by atoms with Gasteiger partial charge in [-0.15, -0.1) is 0 Å². The van der Waals surface area contributed by atoms with E-state index in [1.54, 1.807) is 6.07 Å². The molecule has 0 aromatic heterocycles. The Morgan fingerprint density at radius 3 is 2.36 bits per heavy atom. The van der Waals surface area contributed by atoms with Crippen molar-refractivity contribution in [3.05, 3.63) is 48.0 Å². The van der Waals surface area contributed by atoms with Gasteiger partial charge in [-0.2, -0.15) is 0 Å². The number of rotatable bonds is 3. The van der Waals surface area contributed by atoms with E-state index in [1.165, 1.54) is 12.1 Å². The summed E-state index contributed by atoms with van der Waals surface area (Å²) in [4.78, 5) is -0.374. The van der Waals surface area contributed by atoms with E-state index in [-0.39, 0.29) is 10.6 Å². The van der Waals surface area contributed by atoms with E-state index in [0.29, 0.717) is 30.8 Å². The normalized spacial score (nSPS) is 13.7. The lowest BCUT2D eigenvalue weighted by atomic mass is 10.3. The second-order valence-electron chi connectivity index (χ2n) is 4.54. The quantitative estimate of drug-likeness (QED) is 0.941. The van der Waals surface area contributed by atoms with Crippen LogP contribution in [0.2, 0.25) is 0 Å². The van der Waals surface area contributed by atoms with Crippen LogP contribution in [0.25, 0.3) is 0 Å². The van der Waals surface area contributed by atoms with Crippen LogP contribution in [0.1, 0.15) is 0 Å². The van der Waals surface area contributed by atoms with E-state index in [1.807, 2.05) is 0 Å². The van der Waals surface area contributed by atoms with E-state index < -0.39 is 21.7 Å². The molecule has 0 radical (unpaired) electrons. The summed E-state index contributed by atoms with van der Waals surface area (Å²) in [5, 5.41) is 0. The summed E-state index contributed by atoms with van der Waals surface area (Å²) in [7, 11) is -4.03. The Kier molecular flexibility index (Phi) is 3.61. The molecule has 0 fully saturated rings. The maximum Gasteiger partial charge on any atom is 0.262 e. The summed E-state index contributed by atoms with van der Waals surface area (Å²) in [6.07, 6.45) is 0. The van der Waals surface area contributed by atoms with Crippen molar-refractivity contribution in [2.45, 2.75) is 4.90 Å². The molecule has 8 heteroatoms. The molecular weight excluding hydrogens is 316 g/mol. The first-order valence-corrected chi connectivity index (χ1v) is 7.81. The lowest BCUT2D eigenvalue weighted by molar-refractivity contribution is 0.171. The molecule has 0 saturated heterocycles. The highest BCUT2D eigenvalue weighted by Crippen LogP contribution is 2.33. The number of sulfonamides is 1. The van der Waals surface area contributed by atoms with Gasteiger partial charge >= 0.3 is 0 Å². The summed E-state index contributed by atoms with van der Waals surface area (Å²) in [6.45, 7) is 0.791. The molecular formula is C14H11F2NO4S. The minimum absolute atomic E-state index is 0.231. The first-order chi connectivity index (χ1) is 10.5. The van der Waals surface area contributed by atoms with Crippen LogP contribution in [0.15, 0.2) is 41.3 Å². The third-order valence-electron chi connectivity index (χ3n) is 3.00. The lowest BCUT2D eigenvalue weighted by Crippen LogP contribution is -2.17. The Morgan fingerprint density at radius 1 is 0.909 bits per heavy atom. The molecule has 0 atom stereocenters. The van der Waals surface area contributed by atoms with E-state index in [9.17, 15) is 17.2 Å². The predicted octanol–water partition coefficient (Wildman–Crippen LogP) is 2.54.